The third-order valence-corrected chi connectivity index (χ3v) is 6.11. The van der Waals surface area contributed by atoms with Crippen LogP contribution in [0.1, 0.15) is 23.3 Å². The fraction of sp³-hybridized carbons (Fsp3) is 0.0667. The molecule has 0 aliphatic carbocycles. The van der Waals surface area contributed by atoms with E-state index in [1.165, 1.54) is 12.3 Å². The number of nitrogens with one attached hydrogen (secondary N) is 2. The van der Waals surface area contributed by atoms with Crippen LogP contribution >= 0.6 is 0 Å². The van der Waals surface area contributed by atoms with Crippen LogP contribution in [0.3, 0.4) is 0 Å². The Bertz CT molecular complexity index is 1730. The Kier molecular flexibility index (Phi) is 6.53. The fourth-order valence-electron chi connectivity index (χ4n) is 4.18. The quantitative estimate of drug-likeness (QED) is 0.270. The van der Waals surface area contributed by atoms with Crippen molar-refractivity contribution < 1.29 is 18.7 Å². The van der Waals surface area contributed by atoms with Crippen LogP contribution in [-0.4, -0.2) is 27.0 Å². The molecule has 8 nitrogen and oxygen atoms in total. The number of carbonyl (C=O) groups is 1. The van der Waals surface area contributed by atoms with Gasteiger partial charge in [0, 0.05) is 35.5 Å². The van der Waals surface area contributed by atoms with Gasteiger partial charge in [0.05, 0.1) is 11.7 Å². The Morgan fingerprint density at radius 2 is 1.72 bits per heavy atom. The van der Waals surface area contributed by atoms with E-state index in [1.54, 1.807) is 30.6 Å². The van der Waals surface area contributed by atoms with Crippen molar-refractivity contribution in [3.63, 3.8) is 0 Å². The van der Waals surface area contributed by atoms with Crippen LogP contribution < -0.4 is 14.8 Å². The molecule has 1 aliphatic rings. The van der Waals surface area contributed by atoms with Gasteiger partial charge in [0.1, 0.15) is 11.5 Å². The second-order valence-electron chi connectivity index (χ2n) is 8.82. The van der Waals surface area contributed by atoms with E-state index in [9.17, 15) is 9.18 Å². The molecule has 0 spiro atoms. The maximum absolute atomic E-state index is 13.9. The smallest absolute Gasteiger partial charge is 0.276 e. The lowest BCUT2D eigenvalue weighted by molar-refractivity contribution is 0.0961. The Balaban J connectivity index is 1.19. The molecule has 0 unspecified atom stereocenters. The summed E-state index contributed by atoms with van der Waals surface area (Å²) in [5.74, 6) is 0.986. The zero-order chi connectivity index (χ0) is 26.6. The van der Waals surface area contributed by atoms with Crippen LogP contribution in [0.15, 0.2) is 108 Å². The standard InChI is InChI=1S/C30H22FN5O3/c31-25-8-4-5-9-27(25)39-28-13-11-21(17-33-28)34-30(37)29-24-15-19(10-12-26(24)35-36-29)20-14-23(18-32-16-20)38-22-6-2-1-3-7-22/h1-10,12,14-18H,11,13H2,(H,34,37)(H,35,36). The number of pyridine rings is 1. The monoisotopic (exact) mass is 519 g/mol. The largest absolute Gasteiger partial charge is 0.456 e. The van der Waals surface area contributed by atoms with Crippen LogP contribution in [-0.2, 0) is 0 Å². The van der Waals surface area contributed by atoms with Crippen molar-refractivity contribution in [2.75, 3.05) is 0 Å². The summed E-state index contributed by atoms with van der Waals surface area (Å²) < 4.78 is 25.3. The topological polar surface area (TPSA) is 101 Å². The van der Waals surface area contributed by atoms with E-state index in [0.29, 0.717) is 41.3 Å². The minimum absolute atomic E-state index is 0.114. The predicted octanol–water partition coefficient (Wildman–Crippen LogP) is 6.40. The van der Waals surface area contributed by atoms with Crippen LogP contribution in [0.5, 0.6) is 17.2 Å². The molecule has 2 aromatic heterocycles. The molecule has 2 N–H and O–H groups in total. The number of benzene rings is 3. The molecule has 0 radical (unpaired) electrons. The summed E-state index contributed by atoms with van der Waals surface area (Å²) in [5, 5.41) is 10.7. The summed E-state index contributed by atoms with van der Waals surface area (Å²) in [6.07, 6.45) is 5.80. The number of allylic oxidation sites excluding steroid dienone is 1. The molecule has 39 heavy (non-hydrogen) atoms. The molecule has 9 heteroatoms. The van der Waals surface area contributed by atoms with Gasteiger partial charge >= 0.3 is 0 Å². The molecule has 3 aromatic carbocycles. The van der Waals surface area contributed by atoms with Gasteiger partial charge in [-0.15, -0.1) is 0 Å². The molecule has 0 saturated carbocycles. The number of hydrogen-bond donors (Lipinski definition) is 2. The van der Waals surface area contributed by atoms with E-state index in [2.05, 4.69) is 25.5 Å². The molecule has 0 saturated heterocycles. The Labute approximate surface area is 222 Å². The second-order valence-corrected chi connectivity index (χ2v) is 8.82. The molecule has 5 aromatic rings. The van der Waals surface area contributed by atoms with E-state index >= 15 is 0 Å². The first-order valence-electron chi connectivity index (χ1n) is 12.3. The average Bonchev–Trinajstić information content (AvgIpc) is 3.40. The van der Waals surface area contributed by atoms with Gasteiger partial charge in [0.25, 0.3) is 5.91 Å². The third-order valence-electron chi connectivity index (χ3n) is 6.11. The maximum atomic E-state index is 13.9. The molecule has 0 fully saturated rings. The highest BCUT2D eigenvalue weighted by atomic mass is 19.1. The first-order valence-corrected chi connectivity index (χ1v) is 12.3. The molecule has 3 heterocycles. The van der Waals surface area contributed by atoms with Gasteiger partial charge in [-0.1, -0.05) is 36.4 Å². The molecule has 192 valence electrons. The van der Waals surface area contributed by atoms with Crippen LogP contribution in [0.2, 0.25) is 0 Å². The van der Waals surface area contributed by atoms with Gasteiger partial charge in [0.15, 0.2) is 23.2 Å². The summed E-state index contributed by atoms with van der Waals surface area (Å²) in [7, 11) is 0. The van der Waals surface area contributed by atoms with E-state index in [4.69, 9.17) is 9.47 Å². The van der Waals surface area contributed by atoms with Gasteiger partial charge in [-0.3, -0.25) is 14.9 Å². The van der Waals surface area contributed by atoms with Crippen molar-refractivity contribution >= 4 is 22.7 Å². The molecule has 1 aliphatic heterocycles. The van der Waals surface area contributed by atoms with Gasteiger partial charge in [0.2, 0.25) is 0 Å². The zero-order valence-corrected chi connectivity index (χ0v) is 20.6. The minimum atomic E-state index is -0.459. The van der Waals surface area contributed by atoms with Gasteiger partial charge in [-0.2, -0.15) is 5.10 Å². The number of ether oxygens (including phenoxy) is 2. The first-order chi connectivity index (χ1) is 19.1. The number of aromatic nitrogens is 3. The first kappa shape index (κ1) is 24.1. The highest BCUT2D eigenvalue weighted by Crippen LogP contribution is 2.29. The summed E-state index contributed by atoms with van der Waals surface area (Å²) >= 11 is 0. The molecular weight excluding hydrogens is 497 g/mol. The maximum Gasteiger partial charge on any atom is 0.276 e. The number of aliphatic imine (C=N–C) groups is 1. The number of H-pyrrole nitrogens is 1. The zero-order valence-electron chi connectivity index (χ0n) is 20.6. The van der Waals surface area contributed by atoms with Crippen molar-refractivity contribution in [2.24, 2.45) is 4.99 Å². The Morgan fingerprint density at radius 3 is 2.54 bits per heavy atom. The Hall–Kier alpha value is -5.31. The van der Waals surface area contributed by atoms with E-state index in [1.807, 2.05) is 54.6 Å². The van der Waals surface area contributed by atoms with Crippen LogP contribution in [0.25, 0.3) is 22.0 Å². The van der Waals surface area contributed by atoms with Gasteiger partial charge in [-0.05, 0) is 54.4 Å². The summed E-state index contributed by atoms with van der Waals surface area (Å²) in [4.78, 5) is 21.7. The Morgan fingerprint density at radius 1 is 0.872 bits per heavy atom. The van der Waals surface area contributed by atoms with E-state index in [0.717, 1.165) is 16.6 Å². The third kappa shape index (κ3) is 5.37. The van der Waals surface area contributed by atoms with E-state index < -0.39 is 5.82 Å². The van der Waals surface area contributed by atoms with Crippen molar-refractivity contribution in [3.8, 4) is 28.4 Å². The number of halogens is 1. The number of amides is 1. The molecule has 0 atom stereocenters. The minimum Gasteiger partial charge on any atom is -0.456 e. The van der Waals surface area contributed by atoms with Crippen LogP contribution in [0.4, 0.5) is 4.39 Å². The summed E-state index contributed by atoms with van der Waals surface area (Å²) in [5.41, 5.74) is 3.30. The van der Waals surface area contributed by atoms with Crippen molar-refractivity contribution in [2.45, 2.75) is 12.8 Å². The van der Waals surface area contributed by atoms with Crippen molar-refractivity contribution in [1.82, 2.24) is 20.5 Å². The fourth-order valence-corrected chi connectivity index (χ4v) is 4.18. The molecule has 6 rings (SSSR count). The number of nitrogens with zero attached hydrogens (tertiary/aromatic N) is 3. The molecule has 1 amide bonds. The average molecular weight is 520 g/mol. The highest BCUT2D eigenvalue weighted by molar-refractivity contribution is 6.06. The van der Waals surface area contributed by atoms with Crippen molar-refractivity contribution in [3.05, 3.63) is 115 Å². The summed E-state index contributed by atoms with van der Waals surface area (Å²) in [6.45, 7) is 0. The second kappa shape index (κ2) is 10.6. The SMILES string of the molecule is O=C(NC1=CN=C(Oc2ccccc2F)CC1)c1n[nH]c2ccc(-c3cncc(Oc4ccccc4)c3)cc12. The lowest BCUT2D eigenvalue weighted by Gasteiger charge is -2.15. The van der Waals surface area contributed by atoms with Crippen molar-refractivity contribution in [1.29, 1.82) is 0 Å². The van der Waals surface area contributed by atoms with Gasteiger partial charge in [-0.25, -0.2) is 9.38 Å². The number of rotatable bonds is 6. The highest BCUT2D eigenvalue weighted by Gasteiger charge is 2.19. The number of para-hydroxylation sites is 2. The lowest BCUT2D eigenvalue weighted by Crippen LogP contribution is -2.25. The summed E-state index contributed by atoms with van der Waals surface area (Å²) in [6, 6.07) is 23.2. The number of aromatic amines is 1. The molecule has 0 bridgehead atoms. The predicted molar refractivity (Wildman–Crippen MR) is 145 cm³/mol. The lowest BCUT2D eigenvalue weighted by atomic mass is 10.0. The number of carbonyl (C=O) groups excluding carboxylic acids is 1. The molecular formula is C30H22FN5O3. The normalized spacial score (nSPS) is 12.9. The number of hydrogen-bond acceptors (Lipinski definition) is 6. The number of fused-ring (bicyclic) bond motifs is 1. The van der Waals surface area contributed by atoms with Crippen LogP contribution in [0, 0.1) is 5.82 Å². The van der Waals surface area contributed by atoms with E-state index in [-0.39, 0.29) is 17.4 Å². The van der Waals surface area contributed by atoms with Gasteiger partial charge < -0.3 is 14.8 Å².